The zero-order chi connectivity index (χ0) is 20.4. The molecular weight excluding hydrogens is 364 g/mol. The molecule has 0 amide bonds. The van der Waals surface area contributed by atoms with Gasteiger partial charge in [0.05, 0.1) is 0 Å². The first-order valence-electron chi connectivity index (χ1n) is 10.3. The summed E-state index contributed by atoms with van der Waals surface area (Å²) < 4.78 is 6.02. The highest BCUT2D eigenvalue weighted by atomic mass is 16.5. The van der Waals surface area contributed by atoms with Crippen LogP contribution in [-0.2, 0) is 10.2 Å². The lowest BCUT2D eigenvalue weighted by Gasteiger charge is -2.44. The van der Waals surface area contributed by atoms with Gasteiger partial charge >= 0.3 is 0 Å². The summed E-state index contributed by atoms with van der Waals surface area (Å²) in [6.07, 6.45) is 5.01. The molecule has 0 spiro atoms. The Morgan fingerprint density at radius 2 is 1.72 bits per heavy atom. The molecule has 3 aliphatic rings. The topological polar surface area (TPSA) is 56.2 Å². The first-order valence-corrected chi connectivity index (χ1v) is 10.3. The van der Waals surface area contributed by atoms with Crippen LogP contribution in [0.15, 0.2) is 30.3 Å². The van der Waals surface area contributed by atoms with Gasteiger partial charge in [0.2, 0.25) is 0 Å². The SMILES string of the molecule is COC1(N2CCN(O)CC2)C=c2c(O)cc3c(c2=CC1)-c1ccccc1C3(C)C. The molecule has 0 saturated carbocycles. The summed E-state index contributed by atoms with van der Waals surface area (Å²) in [5, 5.41) is 24.1. The Bertz CT molecular complexity index is 1100. The van der Waals surface area contributed by atoms with Crippen molar-refractivity contribution in [3.8, 4) is 16.9 Å². The van der Waals surface area contributed by atoms with Gasteiger partial charge in [-0.25, -0.2) is 0 Å². The van der Waals surface area contributed by atoms with Crippen molar-refractivity contribution >= 4 is 12.2 Å². The molecule has 2 N–H and O–H groups in total. The zero-order valence-corrected chi connectivity index (χ0v) is 17.3. The quantitative estimate of drug-likeness (QED) is 0.819. The molecule has 1 atom stereocenters. The second-order valence-corrected chi connectivity index (χ2v) is 8.86. The summed E-state index contributed by atoms with van der Waals surface area (Å²) in [6.45, 7) is 7.05. The maximum atomic E-state index is 11.0. The van der Waals surface area contributed by atoms with E-state index in [1.165, 1.54) is 27.3 Å². The molecule has 0 bridgehead atoms. The maximum absolute atomic E-state index is 11.0. The average molecular weight is 392 g/mol. The summed E-state index contributed by atoms with van der Waals surface area (Å²) >= 11 is 0. The van der Waals surface area contributed by atoms with Gasteiger partial charge in [0, 0.05) is 50.3 Å². The number of nitrogens with zero attached hydrogens (tertiary/aromatic N) is 2. The number of rotatable bonds is 2. The van der Waals surface area contributed by atoms with Crippen LogP contribution < -0.4 is 10.4 Å². The second-order valence-electron chi connectivity index (χ2n) is 8.86. The second kappa shape index (κ2) is 6.41. The minimum absolute atomic E-state index is 0.139. The van der Waals surface area contributed by atoms with Gasteiger partial charge in [0.1, 0.15) is 11.5 Å². The first-order chi connectivity index (χ1) is 13.9. The molecule has 5 heteroatoms. The zero-order valence-electron chi connectivity index (χ0n) is 17.3. The van der Waals surface area contributed by atoms with Crippen LogP contribution in [0.2, 0.25) is 0 Å². The van der Waals surface area contributed by atoms with Gasteiger partial charge < -0.3 is 15.1 Å². The van der Waals surface area contributed by atoms with Crippen molar-refractivity contribution < 1.29 is 15.1 Å². The van der Waals surface area contributed by atoms with Crippen molar-refractivity contribution in [2.75, 3.05) is 33.3 Å². The Kier molecular flexibility index (Phi) is 4.16. The number of methoxy groups -OCH3 is 1. The normalized spacial score (nSPS) is 25.5. The van der Waals surface area contributed by atoms with Gasteiger partial charge in [-0.2, -0.15) is 5.06 Å². The Hall–Kier alpha value is -2.18. The van der Waals surface area contributed by atoms with Crippen molar-refractivity contribution in [3.05, 3.63) is 51.9 Å². The highest BCUT2D eigenvalue weighted by molar-refractivity contribution is 5.83. The number of piperazine rings is 1. The Morgan fingerprint density at radius 3 is 2.45 bits per heavy atom. The minimum atomic E-state index is -0.604. The largest absolute Gasteiger partial charge is 0.507 e. The molecule has 0 aromatic heterocycles. The summed E-state index contributed by atoms with van der Waals surface area (Å²) in [6, 6.07) is 10.5. The molecule has 5 rings (SSSR count). The van der Waals surface area contributed by atoms with Crippen LogP contribution >= 0.6 is 0 Å². The van der Waals surface area contributed by atoms with Crippen LogP contribution in [0.1, 0.15) is 31.4 Å². The lowest BCUT2D eigenvalue weighted by atomic mass is 9.82. The van der Waals surface area contributed by atoms with E-state index < -0.39 is 5.72 Å². The van der Waals surface area contributed by atoms with E-state index in [2.05, 4.69) is 55.2 Å². The third-order valence-corrected chi connectivity index (χ3v) is 7.04. The van der Waals surface area contributed by atoms with Gasteiger partial charge in [-0.05, 0) is 39.6 Å². The van der Waals surface area contributed by atoms with E-state index in [1.54, 1.807) is 7.11 Å². The van der Waals surface area contributed by atoms with E-state index >= 15 is 0 Å². The molecule has 152 valence electrons. The number of ether oxygens (including phenoxy) is 1. The molecule has 0 radical (unpaired) electrons. The van der Waals surface area contributed by atoms with E-state index in [1.807, 2.05) is 6.07 Å². The number of phenols is 1. The van der Waals surface area contributed by atoms with E-state index in [9.17, 15) is 10.3 Å². The Morgan fingerprint density at radius 1 is 1.00 bits per heavy atom. The average Bonchev–Trinajstić information content (AvgIpc) is 2.96. The van der Waals surface area contributed by atoms with E-state index in [0.717, 1.165) is 10.4 Å². The lowest BCUT2D eigenvalue weighted by molar-refractivity contribution is -0.160. The first kappa shape index (κ1) is 18.8. The molecule has 2 aromatic rings. The molecule has 1 aliphatic heterocycles. The summed E-state index contributed by atoms with van der Waals surface area (Å²) in [5.41, 5.74) is 4.23. The van der Waals surface area contributed by atoms with Crippen molar-refractivity contribution in [1.29, 1.82) is 0 Å². The van der Waals surface area contributed by atoms with Gasteiger partial charge in [0.15, 0.2) is 0 Å². The standard InChI is InChI=1S/C24H28N2O3/c1-23(2)19-7-5-4-6-17(19)22-16-8-9-24(29-3,25-10-12-26(28)13-11-25)15-18(16)21(27)14-20(22)23/h4-8,14-15,27-28H,9-13H2,1-3H3. The fourth-order valence-electron chi connectivity index (χ4n) is 5.34. The van der Waals surface area contributed by atoms with Crippen LogP contribution in [0.3, 0.4) is 0 Å². The maximum Gasteiger partial charge on any atom is 0.145 e. The monoisotopic (exact) mass is 392 g/mol. The van der Waals surface area contributed by atoms with Gasteiger partial charge in [0.25, 0.3) is 0 Å². The van der Waals surface area contributed by atoms with Crippen molar-refractivity contribution in [3.63, 3.8) is 0 Å². The van der Waals surface area contributed by atoms with E-state index in [-0.39, 0.29) is 5.41 Å². The molecule has 29 heavy (non-hydrogen) atoms. The van der Waals surface area contributed by atoms with Crippen LogP contribution in [0.4, 0.5) is 0 Å². The predicted molar refractivity (Wildman–Crippen MR) is 113 cm³/mol. The number of hydroxylamine groups is 2. The van der Waals surface area contributed by atoms with Gasteiger partial charge in [-0.3, -0.25) is 4.90 Å². The highest BCUT2D eigenvalue weighted by Gasteiger charge is 2.40. The fraction of sp³-hybridized carbons (Fsp3) is 0.417. The van der Waals surface area contributed by atoms with Crippen molar-refractivity contribution in [2.45, 2.75) is 31.4 Å². The molecule has 1 unspecified atom stereocenters. The third kappa shape index (κ3) is 2.62. The number of hydrogen-bond acceptors (Lipinski definition) is 5. The molecule has 1 heterocycles. The number of phenolic OH excluding ortho intramolecular Hbond substituents is 1. The number of aromatic hydroxyl groups is 1. The van der Waals surface area contributed by atoms with E-state index in [0.29, 0.717) is 38.3 Å². The van der Waals surface area contributed by atoms with Crippen molar-refractivity contribution in [1.82, 2.24) is 9.96 Å². The summed E-state index contributed by atoms with van der Waals surface area (Å²) in [4.78, 5) is 2.25. The van der Waals surface area contributed by atoms with Crippen LogP contribution in [0.5, 0.6) is 5.75 Å². The van der Waals surface area contributed by atoms with Crippen molar-refractivity contribution in [2.24, 2.45) is 0 Å². The smallest absolute Gasteiger partial charge is 0.145 e. The highest BCUT2D eigenvalue weighted by Crippen LogP contribution is 2.47. The molecule has 2 aromatic carbocycles. The third-order valence-electron chi connectivity index (χ3n) is 7.04. The Labute approximate surface area is 171 Å². The van der Waals surface area contributed by atoms with Crippen LogP contribution in [0.25, 0.3) is 23.3 Å². The lowest BCUT2D eigenvalue weighted by Crippen LogP contribution is -2.58. The molecule has 1 fully saturated rings. The Balaban J connectivity index is 1.72. The predicted octanol–water partition coefficient (Wildman–Crippen LogP) is 2.01. The molecule has 2 aliphatic carbocycles. The van der Waals surface area contributed by atoms with Gasteiger partial charge in [-0.1, -0.05) is 44.2 Å². The van der Waals surface area contributed by atoms with Crippen LogP contribution in [-0.4, -0.2) is 59.3 Å². The van der Waals surface area contributed by atoms with Gasteiger partial charge in [-0.15, -0.1) is 0 Å². The molecule has 5 nitrogen and oxygen atoms in total. The van der Waals surface area contributed by atoms with Crippen LogP contribution in [0, 0.1) is 0 Å². The summed E-state index contributed by atoms with van der Waals surface area (Å²) in [7, 11) is 1.73. The number of benzene rings is 2. The number of fused-ring (bicyclic) bond motifs is 5. The molecule has 1 saturated heterocycles. The van der Waals surface area contributed by atoms with E-state index in [4.69, 9.17) is 4.74 Å². The fourth-order valence-corrected chi connectivity index (χ4v) is 5.34. The molecular formula is C24H28N2O3. The minimum Gasteiger partial charge on any atom is -0.507 e. The number of hydrogen-bond donors (Lipinski definition) is 2. The summed E-state index contributed by atoms with van der Waals surface area (Å²) in [5.74, 6) is 0.304.